The Balaban J connectivity index is 1.70. The molecule has 2 aromatic rings. The fourth-order valence-electron chi connectivity index (χ4n) is 4.06. The van der Waals surface area contributed by atoms with Gasteiger partial charge in [0.15, 0.2) is 0 Å². The van der Waals surface area contributed by atoms with Gasteiger partial charge in [0.1, 0.15) is 0 Å². The number of amides is 1. The van der Waals surface area contributed by atoms with Crippen LogP contribution < -0.4 is 5.32 Å². The lowest BCUT2D eigenvalue weighted by Gasteiger charge is -2.37. The van der Waals surface area contributed by atoms with E-state index in [1.807, 2.05) is 42.5 Å². The van der Waals surface area contributed by atoms with E-state index in [0.717, 1.165) is 17.5 Å². The Hall–Kier alpha value is -2.09. The molecule has 1 N–H and O–H groups in total. The molecule has 2 heteroatoms. The predicted octanol–water partition coefficient (Wildman–Crippen LogP) is 5.54. The second kappa shape index (κ2) is 7.86. The van der Waals surface area contributed by atoms with Crippen molar-refractivity contribution in [2.75, 3.05) is 0 Å². The average Bonchev–Trinajstić information content (AvgIpc) is 2.62. The molecular formula is C23H29NO. The monoisotopic (exact) mass is 335 g/mol. The summed E-state index contributed by atoms with van der Waals surface area (Å²) in [5.74, 6) is 1.95. The maximum Gasteiger partial charge on any atom is 0.251 e. The van der Waals surface area contributed by atoms with Crippen LogP contribution in [0.15, 0.2) is 54.6 Å². The van der Waals surface area contributed by atoms with E-state index in [-0.39, 0.29) is 5.91 Å². The van der Waals surface area contributed by atoms with Crippen LogP contribution in [0.3, 0.4) is 0 Å². The summed E-state index contributed by atoms with van der Waals surface area (Å²) in [6.45, 7) is 6.84. The smallest absolute Gasteiger partial charge is 0.251 e. The molecular weight excluding hydrogens is 306 g/mol. The molecule has 3 rings (SSSR count). The summed E-state index contributed by atoms with van der Waals surface area (Å²) in [5, 5.41) is 3.32. The molecule has 0 aromatic heterocycles. The molecule has 132 valence electrons. The van der Waals surface area contributed by atoms with Gasteiger partial charge in [-0.05, 0) is 53.9 Å². The molecule has 1 aliphatic rings. The highest BCUT2D eigenvalue weighted by Crippen LogP contribution is 2.33. The van der Waals surface area contributed by atoms with Crippen LogP contribution >= 0.6 is 0 Å². The third kappa shape index (κ3) is 4.31. The Labute approximate surface area is 151 Å². The lowest BCUT2D eigenvalue weighted by molar-refractivity contribution is 0.0868. The van der Waals surface area contributed by atoms with E-state index in [9.17, 15) is 4.79 Å². The van der Waals surface area contributed by atoms with Gasteiger partial charge in [0.2, 0.25) is 0 Å². The second-order valence-corrected chi connectivity index (χ2v) is 7.85. The molecule has 2 aromatic carbocycles. The summed E-state index contributed by atoms with van der Waals surface area (Å²) < 4.78 is 0. The molecule has 0 spiro atoms. The Morgan fingerprint density at radius 1 is 0.960 bits per heavy atom. The lowest BCUT2D eigenvalue weighted by Crippen LogP contribution is -2.45. The number of carbonyl (C=O) groups excluding carboxylic acids is 1. The third-order valence-electron chi connectivity index (χ3n) is 5.59. The summed E-state index contributed by atoms with van der Waals surface area (Å²) in [4.78, 5) is 12.7. The van der Waals surface area contributed by atoms with Gasteiger partial charge >= 0.3 is 0 Å². The summed E-state index contributed by atoms with van der Waals surface area (Å²) in [7, 11) is 0. The van der Waals surface area contributed by atoms with Crippen LogP contribution in [0, 0.1) is 17.8 Å². The van der Waals surface area contributed by atoms with Gasteiger partial charge in [-0.1, -0.05) is 69.7 Å². The van der Waals surface area contributed by atoms with Crippen LogP contribution in [-0.2, 0) is 0 Å². The second-order valence-electron chi connectivity index (χ2n) is 7.85. The minimum absolute atomic E-state index is 0.0596. The van der Waals surface area contributed by atoms with E-state index in [1.165, 1.54) is 18.4 Å². The summed E-state index contributed by atoms with van der Waals surface area (Å²) in [6, 6.07) is 18.5. The van der Waals surface area contributed by atoms with Gasteiger partial charge in [-0.3, -0.25) is 4.79 Å². The first-order valence-corrected chi connectivity index (χ1v) is 9.51. The Morgan fingerprint density at radius 3 is 2.24 bits per heavy atom. The van der Waals surface area contributed by atoms with Gasteiger partial charge in [-0.15, -0.1) is 0 Å². The van der Waals surface area contributed by atoms with Crippen molar-refractivity contribution in [1.29, 1.82) is 0 Å². The van der Waals surface area contributed by atoms with Crippen molar-refractivity contribution >= 4 is 5.91 Å². The summed E-state index contributed by atoms with van der Waals surface area (Å²) in [6.07, 6.45) is 3.59. The van der Waals surface area contributed by atoms with E-state index >= 15 is 0 Å². The Bertz CT molecular complexity index is 690. The minimum atomic E-state index is 0.0596. The van der Waals surface area contributed by atoms with E-state index in [0.29, 0.717) is 23.8 Å². The Kier molecular flexibility index (Phi) is 5.57. The zero-order valence-electron chi connectivity index (χ0n) is 15.5. The topological polar surface area (TPSA) is 29.1 Å². The highest BCUT2D eigenvalue weighted by molar-refractivity contribution is 5.94. The molecule has 1 unspecified atom stereocenters. The normalized spacial score (nSPS) is 23.4. The maximum absolute atomic E-state index is 12.7. The SMILES string of the molecule is CC1CC[C@@H](C(C)C)[C@H](NC(=O)c2ccc(-c3ccccc3)cc2)C1. The highest BCUT2D eigenvalue weighted by Gasteiger charge is 2.31. The van der Waals surface area contributed by atoms with E-state index < -0.39 is 0 Å². The molecule has 0 saturated heterocycles. The molecule has 1 aliphatic carbocycles. The van der Waals surface area contributed by atoms with Crippen LogP contribution in [0.1, 0.15) is 50.4 Å². The maximum atomic E-state index is 12.7. The van der Waals surface area contributed by atoms with E-state index in [2.05, 4.69) is 38.2 Å². The average molecular weight is 335 g/mol. The molecule has 0 aliphatic heterocycles. The van der Waals surface area contributed by atoms with Gasteiger partial charge in [-0.25, -0.2) is 0 Å². The fraction of sp³-hybridized carbons (Fsp3) is 0.435. The summed E-state index contributed by atoms with van der Waals surface area (Å²) >= 11 is 0. The van der Waals surface area contributed by atoms with Gasteiger partial charge in [0.05, 0.1) is 0 Å². The van der Waals surface area contributed by atoms with E-state index in [1.54, 1.807) is 0 Å². The van der Waals surface area contributed by atoms with Crippen molar-refractivity contribution in [3.63, 3.8) is 0 Å². The first-order chi connectivity index (χ1) is 12.0. The van der Waals surface area contributed by atoms with Gasteiger partial charge in [0, 0.05) is 11.6 Å². The highest BCUT2D eigenvalue weighted by atomic mass is 16.1. The largest absolute Gasteiger partial charge is 0.349 e. The minimum Gasteiger partial charge on any atom is -0.349 e. The van der Waals surface area contributed by atoms with E-state index in [4.69, 9.17) is 0 Å². The molecule has 3 atom stereocenters. The van der Waals surface area contributed by atoms with Crippen molar-refractivity contribution in [3.05, 3.63) is 60.2 Å². The lowest BCUT2D eigenvalue weighted by atomic mass is 9.74. The molecule has 1 amide bonds. The fourth-order valence-corrected chi connectivity index (χ4v) is 4.06. The molecule has 0 radical (unpaired) electrons. The number of nitrogens with one attached hydrogen (secondary N) is 1. The predicted molar refractivity (Wildman–Crippen MR) is 104 cm³/mol. The number of carbonyl (C=O) groups is 1. The van der Waals surface area contributed by atoms with Crippen LogP contribution in [0.5, 0.6) is 0 Å². The first-order valence-electron chi connectivity index (χ1n) is 9.51. The molecule has 0 heterocycles. The number of hydrogen-bond acceptors (Lipinski definition) is 1. The van der Waals surface area contributed by atoms with Crippen molar-refractivity contribution in [2.45, 2.75) is 46.1 Å². The first kappa shape index (κ1) is 17.7. The zero-order chi connectivity index (χ0) is 17.8. The van der Waals surface area contributed by atoms with Gasteiger partial charge in [-0.2, -0.15) is 0 Å². The van der Waals surface area contributed by atoms with Crippen molar-refractivity contribution in [3.8, 4) is 11.1 Å². The Morgan fingerprint density at radius 2 is 1.60 bits per heavy atom. The van der Waals surface area contributed by atoms with Gasteiger partial charge < -0.3 is 5.32 Å². The molecule has 1 saturated carbocycles. The summed E-state index contributed by atoms with van der Waals surface area (Å²) in [5.41, 5.74) is 3.07. The van der Waals surface area contributed by atoms with Crippen molar-refractivity contribution in [2.24, 2.45) is 17.8 Å². The van der Waals surface area contributed by atoms with Crippen LogP contribution in [-0.4, -0.2) is 11.9 Å². The molecule has 1 fully saturated rings. The third-order valence-corrected chi connectivity index (χ3v) is 5.59. The number of hydrogen-bond donors (Lipinski definition) is 1. The van der Waals surface area contributed by atoms with Crippen LogP contribution in [0.2, 0.25) is 0 Å². The molecule has 25 heavy (non-hydrogen) atoms. The standard InChI is InChI=1S/C23H29NO/c1-16(2)21-14-9-17(3)15-22(21)24-23(25)20-12-10-19(11-13-20)18-7-5-4-6-8-18/h4-8,10-13,16-17,21-22H,9,14-15H2,1-3H3,(H,24,25)/t17?,21-,22+/m0/s1. The molecule has 0 bridgehead atoms. The zero-order valence-corrected chi connectivity index (χ0v) is 15.5. The molecule has 2 nitrogen and oxygen atoms in total. The van der Waals surface area contributed by atoms with Gasteiger partial charge in [0.25, 0.3) is 5.91 Å². The van der Waals surface area contributed by atoms with Crippen molar-refractivity contribution < 1.29 is 4.79 Å². The number of benzene rings is 2. The quantitative estimate of drug-likeness (QED) is 0.780. The van der Waals surface area contributed by atoms with Crippen LogP contribution in [0.25, 0.3) is 11.1 Å². The van der Waals surface area contributed by atoms with Crippen molar-refractivity contribution in [1.82, 2.24) is 5.32 Å². The van der Waals surface area contributed by atoms with Crippen LogP contribution in [0.4, 0.5) is 0 Å². The number of rotatable bonds is 4.